The van der Waals surface area contributed by atoms with Crippen molar-refractivity contribution in [2.45, 2.75) is 32.4 Å². The Bertz CT molecular complexity index is 684. The molecule has 0 atom stereocenters. The Balaban J connectivity index is 1.74. The van der Waals surface area contributed by atoms with Crippen molar-refractivity contribution in [3.8, 4) is 5.75 Å². The van der Waals surface area contributed by atoms with Gasteiger partial charge in [0.2, 0.25) is 0 Å². The average molecular weight is 306 g/mol. The van der Waals surface area contributed by atoms with E-state index in [9.17, 15) is 4.39 Å². The topological polar surface area (TPSA) is 21.3 Å². The molecule has 2 aromatic rings. The maximum absolute atomic E-state index is 13.2. The predicted molar refractivity (Wildman–Crippen MR) is 83.6 cm³/mol. The van der Waals surface area contributed by atoms with Crippen molar-refractivity contribution >= 4 is 17.3 Å². The lowest BCUT2D eigenvalue weighted by Crippen LogP contribution is -2.24. The molecule has 0 amide bonds. The first-order chi connectivity index (χ1) is 9.93. The molecule has 1 heterocycles. The van der Waals surface area contributed by atoms with Gasteiger partial charge in [-0.15, -0.1) is 0 Å². The van der Waals surface area contributed by atoms with E-state index in [-0.39, 0.29) is 11.4 Å². The van der Waals surface area contributed by atoms with Gasteiger partial charge in [0.05, 0.1) is 10.7 Å². The number of benzene rings is 2. The Hall–Kier alpha value is -1.74. The predicted octanol–water partition coefficient (Wildman–Crippen LogP) is 4.80. The fourth-order valence-corrected chi connectivity index (χ4v) is 2.79. The van der Waals surface area contributed by atoms with Crippen LogP contribution in [0.1, 0.15) is 25.0 Å². The highest BCUT2D eigenvalue weighted by atomic mass is 35.5. The van der Waals surface area contributed by atoms with Crippen LogP contribution in [-0.4, -0.2) is 5.60 Å². The third-order valence-corrected chi connectivity index (χ3v) is 3.87. The molecule has 2 nitrogen and oxygen atoms in total. The molecule has 0 fully saturated rings. The van der Waals surface area contributed by atoms with Crippen molar-refractivity contribution in [3.63, 3.8) is 0 Å². The maximum Gasteiger partial charge on any atom is 0.125 e. The van der Waals surface area contributed by atoms with Crippen LogP contribution in [0.5, 0.6) is 5.75 Å². The van der Waals surface area contributed by atoms with Crippen LogP contribution in [0, 0.1) is 5.82 Å². The molecule has 0 aromatic heterocycles. The van der Waals surface area contributed by atoms with E-state index >= 15 is 0 Å². The highest BCUT2D eigenvalue weighted by Gasteiger charge is 2.29. The number of nitrogens with one attached hydrogen (secondary N) is 1. The smallest absolute Gasteiger partial charge is 0.125 e. The fourth-order valence-electron chi connectivity index (χ4n) is 2.60. The third-order valence-electron chi connectivity index (χ3n) is 3.54. The molecule has 1 N–H and O–H groups in total. The highest BCUT2D eigenvalue weighted by molar-refractivity contribution is 6.33. The molecule has 1 aliphatic heterocycles. The molecular weight excluding hydrogens is 289 g/mol. The zero-order chi connectivity index (χ0) is 15.0. The monoisotopic (exact) mass is 305 g/mol. The Morgan fingerprint density at radius 1 is 1.24 bits per heavy atom. The van der Waals surface area contributed by atoms with E-state index in [1.165, 1.54) is 17.7 Å². The van der Waals surface area contributed by atoms with Crippen LogP contribution >= 0.6 is 11.6 Å². The van der Waals surface area contributed by atoms with Crippen LogP contribution in [0.3, 0.4) is 0 Å². The highest BCUT2D eigenvalue weighted by Crippen LogP contribution is 2.35. The molecule has 0 unspecified atom stereocenters. The van der Waals surface area contributed by atoms with Gasteiger partial charge in [-0.05, 0) is 49.2 Å². The molecule has 0 spiro atoms. The normalized spacial score (nSPS) is 15.4. The summed E-state index contributed by atoms with van der Waals surface area (Å²) >= 11 is 6.04. The van der Waals surface area contributed by atoms with E-state index in [1.54, 1.807) is 6.07 Å². The van der Waals surface area contributed by atoms with E-state index in [0.717, 1.165) is 17.7 Å². The Labute approximate surface area is 128 Å². The molecule has 3 rings (SSSR count). The van der Waals surface area contributed by atoms with Gasteiger partial charge in [0.15, 0.2) is 0 Å². The van der Waals surface area contributed by atoms with Gasteiger partial charge >= 0.3 is 0 Å². The number of rotatable bonds is 3. The van der Waals surface area contributed by atoms with Crippen molar-refractivity contribution in [2.75, 3.05) is 5.32 Å². The molecule has 2 aromatic carbocycles. The molecule has 0 aliphatic carbocycles. The molecule has 0 saturated carbocycles. The van der Waals surface area contributed by atoms with Gasteiger partial charge in [-0.2, -0.15) is 0 Å². The van der Waals surface area contributed by atoms with E-state index in [1.807, 2.05) is 12.1 Å². The third kappa shape index (κ3) is 3.13. The Kier molecular flexibility index (Phi) is 3.54. The average Bonchev–Trinajstić information content (AvgIpc) is 2.72. The quantitative estimate of drug-likeness (QED) is 0.879. The van der Waals surface area contributed by atoms with Crippen LogP contribution in [0.2, 0.25) is 5.02 Å². The van der Waals surface area contributed by atoms with Crippen LogP contribution < -0.4 is 10.1 Å². The first kappa shape index (κ1) is 14.2. The van der Waals surface area contributed by atoms with E-state index < -0.39 is 0 Å². The number of hydrogen-bond acceptors (Lipinski definition) is 2. The minimum Gasteiger partial charge on any atom is -0.487 e. The molecule has 0 bridgehead atoms. The van der Waals surface area contributed by atoms with Crippen molar-refractivity contribution in [1.29, 1.82) is 0 Å². The largest absolute Gasteiger partial charge is 0.487 e. The Morgan fingerprint density at radius 2 is 2.05 bits per heavy atom. The van der Waals surface area contributed by atoms with Gasteiger partial charge in [-0.25, -0.2) is 4.39 Å². The van der Waals surface area contributed by atoms with Crippen molar-refractivity contribution in [2.24, 2.45) is 0 Å². The molecule has 0 radical (unpaired) electrons. The van der Waals surface area contributed by atoms with Gasteiger partial charge in [0, 0.05) is 13.0 Å². The number of halogens is 2. The van der Waals surface area contributed by atoms with Gasteiger partial charge in [-0.3, -0.25) is 0 Å². The molecule has 1 aliphatic rings. The number of hydrogen-bond donors (Lipinski definition) is 1. The fraction of sp³-hybridized carbons (Fsp3) is 0.294. The summed E-state index contributed by atoms with van der Waals surface area (Å²) in [6.07, 6.45) is 0.900. The molecule has 0 saturated heterocycles. The van der Waals surface area contributed by atoms with Crippen molar-refractivity contribution < 1.29 is 9.13 Å². The van der Waals surface area contributed by atoms with Gasteiger partial charge in [0.25, 0.3) is 0 Å². The second kappa shape index (κ2) is 5.23. The minimum absolute atomic E-state index is 0.139. The van der Waals surface area contributed by atoms with Crippen LogP contribution in [0.25, 0.3) is 0 Å². The van der Waals surface area contributed by atoms with Gasteiger partial charge in [0.1, 0.15) is 17.2 Å². The van der Waals surface area contributed by atoms with Crippen molar-refractivity contribution in [1.82, 2.24) is 0 Å². The zero-order valence-electron chi connectivity index (χ0n) is 12.0. The summed E-state index contributed by atoms with van der Waals surface area (Å²) in [5.74, 6) is 0.651. The van der Waals surface area contributed by atoms with Crippen molar-refractivity contribution in [3.05, 3.63) is 58.4 Å². The molecule has 4 heteroatoms. The van der Waals surface area contributed by atoms with Gasteiger partial charge in [-0.1, -0.05) is 23.7 Å². The first-order valence-corrected chi connectivity index (χ1v) is 7.30. The summed E-state index contributed by atoms with van der Waals surface area (Å²) in [7, 11) is 0. The van der Waals surface area contributed by atoms with E-state index in [4.69, 9.17) is 16.3 Å². The summed E-state index contributed by atoms with van der Waals surface area (Å²) < 4.78 is 19.1. The molecule has 21 heavy (non-hydrogen) atoms. The van der Waals surface area contributed by atoms with Gasteiger partial charge < -0.3 is 10.1 Å². The summed E-state index contributed by atoms with van der Waals surface area (Å²) in [6.45, 7) is 4.76. The first-order valence-electron chi connectivity index (χ1n) is 6.93. The number of ether oxygens (including phenoxy) is 1. The SMILES string of the molecule is CC1(C)Cc2cc(CNc3cc(F)ccc3Cl)ccc2O1. The summed E-state index contributed by atoms with van der Waals surface area (Å²) in [4.78, 5) is 0. The lowest BCUT2D eigenvalue weighted by Gasteiger charge is -2.16. The number of anilines is 1. The maximum atomic E-state index is 13.2. The minimum atomic E-state index is -0.300. The summed E-state index contributed by atoms with van der Waals surface area (Å²) in [5, 5.41) is 3.68. The van der Waals surface area contributed by atoms with E-state index in [2.05, 4.69) is 25.2 Å². The zero-order valence-corrected chi connectivity index (χ0v) is 12.8. The number of fused-ring (bicyclic) bond motifs is 1. The Morgan fingerprint density at radius 3 is 2.86 bits per heavy atom. The van der Waals surface area contributed by atoms with E-state index in [0.29, 0.717) is 17.3 Å². The standard InChI is InChI=1S/C17H17ClFNO/c1-17(2)9-12-7-11(3-6-16(12)21-17)10-20-15-8-13(19)4-5-14(15)18/h3-8,20H,9-10H2,1-2H3. The van der Waals surface area contributed by atoms with Crippen LogP contribution in [0.4, 0.5) is 10.1 Å². The molecule has 110 valence electrons. The summed E-state index contributed by atoms with van der Waals surface area (Å²) in [6, 6.07) is 10.4. The second-order valence-corrected chi connectivity index (χ2v) is 6.37. The lowest BCUT2D eigenvalue weighted by atomic mass is 10.0. The van der Waals surface area contributed by atoms with Crippen LogP contribution in [-0.2, 0) is 13.0 Å². The summed E-state index contributed by atoms with van der Waals surface area (Å²) in [5.41, 5.74) is 2.80. The lowest BCUT2D eigenvalue weighted by molar-refractivity contribution is 0.138. The van der Waals surface area contributed by atoms with Crippen LogP contribution in [0.15, 0.2) is 36.4 Å². The second-order valence-electron chi connectivity index (χ2n) is 5.96. The molecular formula is C17H17ClFNO.